The highest BCUT2D eigenvalue weighted by Crippen LogP contribution is 2.42. The number of anilines is 1. The van der Waals surface area contributed by atoms with Gasteiger partial charge < -0.3 is 19.7 Å². The number of Topliss-reactive ketones (excluding diaryl/α,β-unsaturated/α-hetero) is 1. The molecule has 33 heavy (non-hydrogen) atoms. The highest BCUT2D eigenvalue weighted by Gasteiger charge is 2.39. The largest absolute Gasteiger partial charge is 0.490 e. The first-order chi connectivity index (χ1) is 16.0. The number of allylic oxidation sites excluding steroid dienone is 3. The molecule has 2 aromatic rings. The second-order valence-electron chi connectivity index (χ2n) is 8.55. The van der Waals surface area contributed by atoms with E-state index in [-0.39, 0.29) is 19.0 Å². The normalized spacial score (nSPS) is 17.9. The number of benzene rings is 2. The van der Waals surface area contributed by atoms with Crippen LogP contribution in [0.4, 0.5) is 5.69 Å². The minimum Gasteiger partial charge on any atom is -0.490 e. The number of carbonyl (C=O) groups excluding carboxylic acids is 2. The number of hydrogen-bond acceptors (Lipinski definition) is 6. The Hall–Kier alpha value is -3.54. The van der Waals surface area contributed by atoms with Crippen LogP contribution in [0, 0.1) is 0 Å². The van der Waals surface area contributed by atoms with Crippen molar-refractivity contribution in [1.82, 2.24) is 5.32 Å². The molecule has 1 aliphatic heterocycles. The van der Waals surface area contributed by atoms with Gasteiger partial charge in [-0.2, -0.15) is 0 Å². The molecular formula is C27H30N2O4. The molecule has 1 atom stereocenters. The molecule has 2 aliphatic rings. The standard InChI is InChI=1S/C27H30N2O4/c1-18-24(27(31)33-17-16-32-21-8-5-4-6-9-21)25(19-12-14-20(15-13-19)29(2)3)26-22(28-18)10-7-11-23(26)30/h4-6,8-9,12-15,25,28H,7,10-11,16-17H2,1-3H3/t25-/m0/s1. The molecule has 4 rings (SSSR count). The number of nitrogens with one attached hydrogen (secondary N) is 1. The molecule has 1 heterocycles. The average molecular weight is 447 g/mol. The number of para-hydroxylation sites is 1. The maximum Gasteiger partial charge on any atom is 0.336 e. The zero-order valence-electron chi connectivity index (χ0n) is 19.4. The van der Waals surface area contributed by atoms with E-state index in [0.29, 0.717) is 17.6 Å². The van der Waals surface area contributed by atoms with Crippen molar-refractivity contribution < 1.29 is 19.1 Å². The molecule has 0 fully saturated rings. The van der Waals surface area contributed by atoms with Crippen molar-refractivity contribution in [3.63, 3.8) is 0 Å². The predicted molar refractivity (Wildman–Crippen MR) is 128 cm³/mol. The Morgan fingerprint density at radius 1 is 1.03 bits per heavy atom. The van der Waals surface area contributed by atoms with Crippen LogP contribution >= 0.6 is 0 Å². The van der Waals surface area contributed by atoms with Crippen LogP contribution < -0.4 is 15.0 Å². The summed E-state index contributed by atoms with van der Waals surface area (Å²) in [6, 6.07) is 17.4. The van der Waals surface area contributed by atoms with Crippen LogP contribution in [-0.4, -0.2) is 39.1 Å². The third-order valence-corrected chi connectivity index (χ3v) is 6.07. The molecule has 1 N–H and O–H groups in total. The summed E-state index contributed by atoms with van der Waals surface area (Å²) in [5, 5.41) is 3.32. The van der Waals surface area contributed by atoms with E-state index in [4.69, 9.17) is 9.47 Å². The molecule has 0 saturated carbocycles. The van der Waals surface area contributed by atoms with Crippen molar-refractivity contribution in [2.45, 2.75) is 32.1 Å². The molecule has 2 aromatic carbocycles. The predicted octanol–water partition coefficient (Wildman–Crippen LogP) is 4.34. The lowest BCUT2D eigenvalue weighted by Crippen LogP contribution is -2.34. The van der Waals surface area contributed by atoms with Crippen molar-refractivity contribution in [2.24, 2.45) is 0 Å². The first kappa shape index (κ1) is 22.6. The van der Waals surface area contributed by atoms with Crippen molar-refractivity contribution in [1.29, 1.82) is 0 Å². The highest BCUT2D eigenvalue weighted by atomic mass is 16.6. The third kappa shape index (κ3) is 4.95. The first-order valence-corrected chi connectivity index (χ1v) is 11.3. The monoisotopic (exact) mass is 446 g/mol. The number of ether oxygens (including phenoxy) is 2. The molecule has 0 saturated heterocycles. The minimum absolute atomic E-state index is 0.0932. The third-order valence-electron chi connectivity index (χ3n) is 6.07. The number of rotatable bonds is 7. The second kappa shape index (κ2) is 9.94. The molecule has 0 aromatic heterocycles. The molecule has 0 unspecified atom stereocenters. The fraction of sp³-hybridized carbons (Fsp3) is 0.333. The Kier molecular flexibility index (Phi) is 6.82. The maximum atomic E-state index is 13.2. The fourth-order valence-electron chi connectivity index (χ4n) is 4.44. The van der Waals surface area contributed by atoms with E-state index in [1.807, 2.05) is 80.5 Å². The summed E-state index contributed by atoms with van der Waals surface area (Å²) < 4.78 is 11.2. The van der Waals surface area contributed by atoms with Crippen molar-refractivity contribution in [3.8, 4) is 5.75 Å². The van der Waals surface area contributed by atoms with Gasteiger partial charge in [0.05, 0.1) is 5.57 Å². The lowest BCUT2D eigenvalue weighted by molar-refractivity contribution is -0.140. The summed E-state index contributed by atoms with van der Waals surface area (Å²) in [5.74, 6) is -0.0449. The van der Waals surface area contributed by atoms with Gasteiger partial charge in [-0.05, 0) is 49.6 Å². The summed E-state index contributed by atoms with van der Waals surface area (Å²) in [6.07, 6.45) is 2.12. The Balaban J connectivity index is 1.57. The van der Waals surface area contributed by atoms with E-state index in [9.17, 15) is 9.59 Å². The van der Waals surface area contributed by atoms with E-state index in [1.165, 1.54) is 0 Å². The Morgan fingerprint density at radius 2 is 1.76 bits per heavy atom. The molecule has 0 radical (unpaired) electrons. The smallest absolute Gasteiger partial charge is 0.336 e. The van der Waals surface area contributed by atoms with Gasteiger partial charge in [0.25, 0.3) is 0 Å². The second-order valence-corrected chi connectivity index (χ2v) is 8.55. The topological polar surface area (TPSA) is 67.9 Å². The van der Waals surface area contributed by atoms with Crippen LogP contribution in [0.15, 0.2) is 77.1 Å². The van der Waals surface area contributed by atoms with E-state index in [1.54, 1.807) is 0 Å². The Morgan fingerprint density at radius 3 is 2.45 bits per heavy atom. The molecule has 172 valence electrons. The van der Waals surface area contributed by atoms with Crippen molar-refractivity contribution in [3.05, 3.63) is 82.7 Å². The van der Waals surface area contributed by atoms with Crippen LogP contribution in [0.3, 0.4) is 0 Å². The summed E-state index contributed by atoms with van der Waals surface area (Å²) in [5.41, 5.74) is 4.81. The number of nitrogens with zero attached hydrogens (tertiary/aromatic N) is 1. The van der Waals surface area contributed by atoms with Crippen LogP contribution in [0.1, 0.15) is 37.7 Å². The van der Waals surface area contributed by atoms with E-state index in [2.05, 4.69) is 5.32 Å². The Labute approximate surface area is 194 Å². The molecule has 6 heteroatoms. The quantitative estimate of drug-likeness (QED) is 0.504. The van der Waals surface area contributed by atoms with Gasteiger partial charge >= 0.3 is 5.97 Å². The van der Waals surface area contributed by atoms with Gasteiger partial charge in [-0.1, -0.05) is 30.3 Å². The van der Waals surface area contributed by atoms with E-state index in [0.717, 1.165) is 41.2 Å². The number of hydrogen-bond donors (Lipinski definition) is 1. The molecule has 0 spiro atoms. The number of esters is 1. The molecule has 6 nitrogen and oxygen atoms in total. The lowest BCUT2D eigenvalue weighted by Gasteiger charge is -2.34. The first-order valence-electron chi connectivity index (χ1n) is 11.3. The number of carbonyl (C=O) groups is 2. The van der Waals surface area contributed by atoms with Gasteiger partial charge in [0.1, 0.15) is 19.0 Å². The van der Waals surface area contributed by atoms with E-state index < -0.39 is 11.9 Å². The van der Waals surface area contributed by atoms with Gasteiger partial charge in [0, 0.05) is 49.1 Å². The van der Waals surface area contributed by atoms with Gasteiger partial charge in [0.15, 0.2) is 5.78 Å². The lowest BCUT2D eigenvalue weighted by atomic mass is 9.75. The van der Waals surface area contributed by atoms with Gasteiger partial charge in [-0.3, -0.25) is 4.79 Å². The van der Waals surface area contributed by atoms with E-state index >= 15 is 0 Å². The SMILES string of the molecule is CC1=C(C(=O)OCCOc2ccccc2)[C@H](c2ccc(N(C)C)cc2)C2=C(CCCC2=O)N1. The Bertz CT molecular complexity index is 1080. The molecule has 1 aliphatic carbocycles. The van der Waals surface area contributed by atoms with Gasteiger partial charge in [-0.15, -0.1) is 0 Å². The number of dihydropyridines is 1. The van der Waals surface area contributed by atoms with Crippen molar-refractivity contribution >= 4 is 17.4 Å². The van der Waals surface area contributed by atoms with Gasteiger partial charge in [0.2, 0.25) is 0 Å². The fourth-order valence-corrected chi connectivity index (χ4v) is 4.44. The summed E-state index contributed by atoms with van der Waals surface area (Å²) in [4.78, 5) is 28.2. The van der Waals surface area contributed by atoms with Crippen LogP contribution in [0.25, 0.3) is 0 Å². The maximum absolute atomic E-state index is 13.2. The molecule has 0 bridgehead atoms. The van der Waals surface area contributed by atoms with Crippen LogP contribution in [-0.2, 0) is 14.3 Å². The highest BCUT2D eigenvalue weighted by molar-refractivity contribution is 6.03. The zero-order valence-corrected chi connectivity index (χ0v) is 19.4. The molecular weight excluding hydrogens is 416 g/mol. The average Bonchev–Trinajstić information content (AvgIpc) is 2.81. The summed E-state index contributed by atoms with van der Waals surface area (Å²) in [6.45, 7) is 2.25. The minimum atomic E-state index is -0.437. The zero-order chi connectivity index (χ0) is 23.4. The number of ketones is 1. The molecule has 0 amide bonds. The van der Waals surface area contributed by atoms with Crippen molar-refractivity contribution in [2.75, 3.05) is 32.2 Å². The summed E-state index contributed by atoms with van der Waals surface area (Å²) >= 11 is 0. The van der Waals surface area contributed by atoms with Gasteiger partial charge in [-0.25, -0.2) is 4.79 Å². The van der Waals surface area contributed by atoms with Crippen LogP contribution in [0.2, 0.25) is 0 Å². The summed E-state index contributed by atoms with van der Waals surface area (Å²) in [7, 11) is 3.96. The van der Waals surface area contributed by atoms with Crippen LogP contribution in [0.5, 0.6) is 5.75 Å².